The third-order valence-electron chi connectivity index (χ3n) is 3.48. The van der Waals surface area contributed by atoms with E-state index in [1.54, 1.807) is 36.4 Å². The maximum atomic E-state index is 13.3. The average molecular weight is 295 g/mol. The van der Waals surface area contributed by atoms with Crippen molar-refractivity contribution in [2.24, 2.45) is 0 Å². The summed E-state index contributed by atoms with van der Waals surface area (Å²) in [6, 6.07) is 13.2. The Bertz CT molecular complexity index is 582. The summed E-state index contributed by atoms with van der Waals surface area (Å²) in [4.78, 5) is 0. The minimum Gasteiger partial charge on any atom is -0.395 e. The fourth-order valence-electron chi connectivity index (χ4n) is 2.36. The predicted octanol–water partition coefficient (Wildman–Crippen LogP) is 2.94. The molecule has 0 fully saturated rings. The molecule has 0 aliphatic heterocycles. The molecule has 106 valence electrons. The number of aliphatic hydroxyl groups is 2. The van der Waals surface area contributed by atoms with Crippen LogP contribution in [0.2, 0.25) is 5.02 Å². The minimum atomic E-state index is -0.924. The molecule has 0 heterocycles. The van der Waals surface area contributed by atoms with Crippen LogP contribution in [-0.2, 0) is 11.8 Å². The molecule has 4 heteroatoms. The largest absolute Gasteiger partial charge is 0.395 e. The van der Waals surface area contributed by atoms with Crippen LogP contribution in [0.15, 0.2) is 48.5 Å². The molecule has 0 aliphatic rings. The molecule has 0 saturated heterocycles. The van der Waals surface area contributed by atoms with Crippen LogP contribution >= 0.6 is 11.6 Å². The van der Waals surface area contributed by atoms with Gasteiger partial charge in [-0.1, -0.05) is 41.9 Å². The van der Waals surface area contributed by atoms with Gasteiger partial charge in [0.2, 0.25) is 0 Å². The summed E-state index contributed by atoms with van der Waals surface area (Å²) in [6.07, 6.45) is 0.307. The zero-order valence-electron chi connectivity index (χ0n) is 10.9. The molecule has 2 nitrogen and oxygen atoms in total. The van der Waals surface area contributed by atoms with Crippen molar-refractivity contribution < 1.29 is 14.6 Å². The molecule has 2 aromatic carbocycles. The van der Waals surface area contributed by atoms with Gasteiger partial charge in [0.1, 0.15) is 5.82 Å². The summed E-state index contributed by atoms with van der Waals surface area (Å²) in [5.74, 6) is -0.341. The number of hydrogen-bond acceptors (Lipinski definition) is 2. The van der Waals surface area contributed by atoms with Crippen LogP contribution in [0.3, 0.4) is 0 Å². The highest BCUT2D eigenvalue weighted by molar-refractivity contribution is 6.31. The second-order valence-electron chi connectivity index (χ2n) is 4.88. The fraction of sp³-hybridized carbons (Fsp3) is 0.250. The highest BCUT2D eigenvalue weighted by atomic mass is 35.5. The van der Waals surface area contributed by atoms with Gasteiger partial charge in [0.05, 0.1) is 13.2 Å². The standard InChI is InChI=1S/C16H16ClFO2/c17-15-7-2-1-6-14(15)16(10-19,11-20)9-12-4-3-5-13(18)8-12/h1-8,19-20H,9-11H2. The molecule has 2 aromatic rings. The van der Waals surface area contributed by atoms with Gasteiger partial charge in [-0.3, -0.25) is 0 Å². The van der Waals surface area contributed by atoms with Gasteiger partial charge in [-0.25, -0.2) is 4.39 Å². The van der Waals surface area contributed by atoms with Crippen molar-refractivity contribution in [2.75, 3.05) is 13.2 Å². The van der Waals surface area contributed by atoms with E-state index in [1.807, 2.05) is 0 Å². The molecule has 20 heavy (non-hydrogen) atoms. The number of hydrogen-bond donors (Lipinski definition) is 2. The Hall–Kier alpha value is -1.42. The highest BCUT2D eigenvalue weighted by Crippen LogP contribution is 2.33. The quantitative estimate of drug-likeness (QED) is 0.890. The first-order valence-corrected chi connectivity index (χ1v) is 6.70. The smallest absolute Gasteiger partial charge is 0.123 e. The Morgan fingerprint density at radius 3 is 2.30 bits per heavy atom. The summed E-state index contributed by atoms with van der Waals surface area (Å²) in [5, 5.41) is 20.0. The maximum absolute atomic E-state index is 13.3. The number of aliphatic hydroxyl groups excluding tert-OH is 2. The van der Waals surface area contributed by atoms with Crippen molar-refractivity contribution in [1.29, 1.82) is 0 Å². The van der Waals surface area contributed by atoms with Crippen molar-refractivity contribution >= 4 is 11.6 Å². The van der Waals surface area contributed by atoms with Crippen LogP contribution in [0.4, 0.5) is 4.39 Å². The van der Waals surface area contributed by atoms with Crippen molar-refractivity contribution in [1.82, 2.24) is 0 Å². The third kappa shape index (κ3) is 3.01. The molecule has 0 bridgehead atoms. The molecule has 0 spiro atoms. The zero-order valence-corrected chi connectivity index (χ0v) is 11.6. The lowest BCUT2D eigenvalue weighted by Crippen LogP contribution is -2.37. The van der Waals surface area contributed by atoms with E-state index in [0.29, 0.717) is 22.6 Å². The van der Waals surface area contributed by atoms with Gasteiger partial charge in [0.15, 0.2) is 0 Å². The number of halogens is 2. The van der Waals surface area contributed by atoms with Crippen molar-refractivity contribution in [3.8, 4) is 0 Å². The molecule has 2 N–H and O–H groups in total. The first-order valence-electron chi connectivity index (χ1n) is 6.32. The van der Waals surface area contributed by atoms with E-state index >= 15 is 0 Å². The van der Waals surface area contributed by atoms with E-state index in [9.17, 15) is 14.6 Å². The second kappa shape index (κ2) is 6.35. The minimum absolute atomic E-state index is 0.274. The monoisotopic (exact) mass is 294 g/mol. The first-order chi connectivity index (χ1) is 9.61. The lowest BCUT2D eigenvalue weighted by Gasteiger charge is -2.31. The lowest BCUT2D eigenvalue weighted by molar-refractivity contribution is 0.116. The summed E-state index contributed by atoms with van der Waals surface area (Å²) in [7, 11) is 0. The van der Waals surface area contributed by atoms with Crippen LogP contribution in [0.25, 0.3) is 0 Å². The van der Waals surface area contributed by atoms with Crippen LogP contribution < -0.4 is 0 Å². The lowest BCUT2D eigenvalue weighted by atomic mass is 9.77. The normalized spacial score (nSPS) is 11.6. The molecule has 0 atom stereocenters. The second-order valence-corrected chi connectivity index (χ2v) is 5.29. The SMILES string of the molecule is OCC(CO)(Cc1cccc(F)c1)c1ccccc1Cl. The molecule has 0 aliphatic carbocycles. The maximum Gasteiger partial charge on any atom is 0.123 e. The van der Waals surface area contributed by atoms with Crippen LogP contribution in [0, 0.1) is 5.82 Å². The molecule has 0 amide bonds. The van der Waals surface area contributed by atoms with Gasteiger partial charge in [-0.15, -0.1) is 0 Å². The van der Waals surface area contributed by atoms with Crippen molar-refractivity contribution in [3.05, 3.63) is 70.5 Å². The van der Waals surface area contributed by atoms with E-state index in [2.05, 4.69) is 0 Å². The topological polar surface area (TPSA) is 40.5 Å². The number of benzene rings is 2. The highest BCUT2D eigenvalue weighted by Gasteiger charge is 2.33. The van der Waals surface area contributed by atoms with E-state index in [0.717, 1.165) is 0 Å². The molecule has 0 unspecified atom stereocenters. The van der Waals surface area contributed by atoms with Gasteiger partial charge in [-0.2, -0.15) is 0 Å². The molecule has 0 aromatic heterocycles. The summed E-state index contributed by atoms with van der Waals surface area (Å²) in [6.45, 7) is -0.548. The van der Waals surface area contributed by atoms with E-state index in [1.165, 1.54) is 12.1 Å². The Balaban J connectivity index is 2.42. The predicted molar refractivity (Wildman–Crippen MR) is 77.4 cm³/mol. The van der Waals surface area contributed by atoms with E-state index in [4.69, 9.17) is 11.6 Å². The average Bonchev–Trinajstić information content (AvgIpc) is 2.46. The van der Waals surface area contributed by atoms with Crippen molar-refractivity contribution in [2.45, 2.75) is 11.8 Å². The van der Waals surface area contributed by atoms with Crippen LogP contribution in [0.5, 0.6) is 0 Å². The van der Waals surface area contributed by atoms with Gasteiger partial charge in [-0.05, 0) is 35.7 Å². The van der Waals surface area contributed by atoms with Crippen molar-refractivity contribution in [3.63, 3.8) is 0 Å². The van der Waals surface area contributed by atoms with Gasteiger partial charge >= 0.3 is 0 Å². The Labute approximate surface area is 122 Å². The molecule has 0 saturated carbocycles. The molecular weight excluding hydrogens is 279 g/mol. The van der Waals surface area contributed by atoms with Gasteiger partial charge in [0, 0.05) is 10.4 Å². The Morgan fingerprint density at radius 1 is 1.00 bits per heavy atom. The molecule has 0 radical (unpaired) electrons. The van der Waals surface area contributed by atoms with Crippen LogP contribution in [0.1, 0.15) is 11.1 Å². The number of rotatable bonds is 5. The van der Waals surface area contributed by atoms with Gasteiger partial charge < -0.3 is 10.2 Å². The van der Waals surface area contributed by atoms with E-state index in [-0.39, 0.29) is 19.0 Å². The summed E-state index contributed by atoms with van der Waals surface area (Å²) < 4.78 is 13.3. The summed E-state index contributed by atoms with van der Waals surface area (Å²) >= 11 is 6.17. The van der Waals surface area contributed by atoms with E-state index < -0.39 is 5.41 Å². The molecular formula is C16H16ClFO2. The summed E-state index contributed by atoms with van der Waals surface area (Å²) in [5.41, 5.74) is 0.440. The Morgan fingerprint density at radius 2 is 1.70 bits per heavy atom. The van der Waals surface area contributed by atoms with Gasteiger partial charge in [0.25, 0.3) is 0 Å². The Kier molecular flexibility index (Phi) is 4.76. The zero-order chi connectivity index (χ0) is 14.6. The molecule has 2 rings (SSSR count). The first kappa shape index (κ1) is 15.0. The fourth-order valence-corrected chi connectivity index (χ4v) is 2.69. The van der Waals surface area contributed by atoms with Crippen LogP contribution in [-0.4, -0.2) is 23.4 Å². The third-order valence-corrected chi connectivity index (χ3v) is 3.81.